The van der Waals surface area contributed by atoms with E-state index in [1.807, 2.05) is 0 Å². The van der Waals surface area contributed by atoms with E-state index in [1.165, 1.54) is 29.0 Å². The SMILES string of the molecule is COC(=O)c1ccc(Cn2ccc(=O)[nH]c2=O)cc1F. The number of esters is 1. The minimum Gasteiger partial charge on any atom is -0.465 e. The van der Waals surface area contributed by atoms with Crippen LogP contribution in [0.2, 0.25) is 0 Å². The highest BCUT2D eigenvalue weighted by Crippen LogP contribution is 2.12. The summed E-state index contributed by atoms with van der Waals surface area (Å²) < 4.78 is 19.4. The number of methoxy groups -OCH3 is 1. The van der Waals surface area contributed by atoms with Crippen LogP contribution in [0.5, 0.6) is 0 Å². The van der Waals surface area contributed by atoms with Gasteiger partial charge in [0.1, 0.15) is 5.82 Å². The van der Waals surface area contributed by atoms with Crippen molar-refractivity contribution < 1.29 is 13.9 Å². The summed E-state index contributed by atoms with van der Waals surface area (Å²) in [6, 6.07) is 5.13. The third-order valence-electron chi connectivity index (χ3n) is 2.69. The highest BCUT2D eigenvalue weighted by Gasteiger charge is 2.12. The summed E-state index contributed by atoms with van der Waals surface area (Å²) >= 11 is 0. The Balaban J connectivity index is 2.31. The average Bonchev–Trinajstić information content (AvgIpc) is 2.41. The van der Waals surface area contributed by atoms with E-state index in [-0.39, 0.29) is 12.1 Å². The zero-order chi connectivity index (χ0) is 14.7. The molecule has 104 valence electrons. The van der Waals surface area contributed by atoms with Crippen LogP contribution in [0.4, 0.5) is 4.39 Å². The smallest absolute Gasteiger partial charge is 0.340 e. The Hall–Kier alpha value is -2.70. The van der Waals surface area contributed by atoms with E-state index < -0.39 is 23.0 Å². The number of carbonyl (C=O) groups is 1. The lowest BCUT2D eigenvalue weighted by Crippen LogP contribution is -2.28. The number of carbonyl (C=O) groups excluding carboxylic acids is 1. The van der Waals surface area contributed by atoms with Crippen LogP contribution in [-0.4, -0.2) is 22.6 Å². The van der Waals surface area contributed by atoms with Crippen molar-refractivity contribution in [1.82, 2.24) is 9.55 Å². The topological polar surface area (TPSA) is 81.2 Å². The highest BCUT2D eigenvalue weighted by molar-refractivity contribution is 5.89. The number of H-pyrrole nitrogens is 1. The molecule has 1 aromatic heterocycles. The Morgan fingerprint density at radius 1 is 1.35 bits per heavy atom. The molecular weight excluding hydrogens is 267 g/mol. The van der Waals surface area contributed by atoms with Gasteiger partial charge in [-0.05, 0) is 17.7 Å². The summed E-state index contributed by atoms with van der Waals surface area (Å²) in [5.74, 6) is -1.50. The molecule has 0 unspecified atom stereocenters. The maximum atomic E-state index is 13.7. The van der Waals surface area contributed by atoms with Gasteiger partial charge in [-0.15, -0.1) is 0 Å². The number of ether oxygens (including phenoxy) is 1. The molecule has 7 heteroatoms. The summed E-state index contributed by atoms with van der Waals surface area (Å²) in [7, 11) is 1.16. The molecule has 20 heavy (non-hydrogen) atoms. The summed E-state index contributed by atoms with van der Waals surface area (Å²) in [6.07, 6.45) is 1.31. The Labute approximate surface area is 112 Å². The van der Waals surface area contributed by atoms with E-state index in [0.717, 1.165) is 13.2 Å². The molecule has 0 bridgehead atoms. The lowest BCUT2D eigenvalue weighted by Gasteiger charge is -2.06. The first-order valence-corrected chi connectivity index (χ1v) is 5.68. The fourth-order valence-corrected chi connectivity index (χ4v) is 1.70. The average molecular weight is 278 g/mol. The van der Waals surface area contributed by atoms with Gasteiger partial charge in [0.15, 0.2) is 0 Å². The Morgan fingerprint density at radius 2 is 2.10 bits per heavy atom. The first-order valence-electron chi connectivity index (χ1n) is 5.68. The van der Waals surface area contributed by atoms with Gasteiger partial charge in [0.05, 0.1) is 19.2 Å². The van der Waals surface area contributed by atoms with Crippen molar-refractivity contribution >= 4 is 5.97 Å². The van der Waals surface area contributed by atoms with Gasteiger partial charge >= 0.3 is 11.7 Å². The van der Waals surface area contributed by atoms with Crippen molar-refractivity contribution in [3.63, 3.8) is 0 Å². The molecule has 0 aliphatic rings. The second kappa shape index (κ2) is 5.52. The van der Waals surface area contributed by atoms with Crippen LogP contribution in [0, 0.1) is 5.82 Å². The minimum atomic E-state index is -0.768. The number of nitrogens with one attached hydrogen (secondary N) is 1. The van der Waals surface area contributed by atoms with Gasteiger partial charge in [-0.25, -0.2) is 14.0 Å². The van der Waals surface area contributed by atoms with Gasteiger partial charge in [-0.1, -0.05) is 6.07 Å². The van der Waals surface area contributed by atoms with Crippen molar-refractivity contribution in [2.75, 3.05) is 7.11 Å². The first-order chi connectivity index (χ1) is 9.51. The molecule has 1 aromatic carbocycles. The molecule has 0 amide bonds. The molecule has 2 rings (SSSR count). The molecule has 0 radical (unpaired) electrons. The van der Waals surface area contributed by atoms with Crippen molar-refractivity contribution in [3.8, 4) is 0 Å². The van der Waals surface area contributed by atoms with Gasteiger partial charge in [-0.3, -0.25) is 14.3 Å². The fraction of sp³-hybridized carbons (Fsp3) is 0.154. The summed E-state index contributed by atoms with van der Waals surface area (Å²) in [4.78, 5) is 35.7. The van der Waals surface area contributed by atoms with Gasteiger partial charge < -0.3 is 4.74 Å². The number of benzene rings is 1. The molecule has 1 heterocycles. The van der Waals surface area contributed by atoms with E-state index in [0.29, 0.717) is 5.56 Å². The van der Waals surface area contributed by atoms with Crippen LogP contribution in [0.15, 0.2) is 40.1 Å². The molecule has 0 aliphatic heterocycles. The summed E-state index contributed by atoms with van der Waals surface area (Å²) in [6.45, 7) is 0.0774. The Kier molecular flexibility index (Phi) is 3.79. The monoisotopic (exact) mass is 278 g/mol. The maximum Gasteiger partial charge on any atom is 0.340 e. The molecule has 1 N–H and O–H groups in total. The number of rotatable bonds is 3. The van der Waals surface area contributed by atoms with Gasteiger partial charge in [0.2, 0.25) is 0 Å². The van der Waals surface area contributed by atoms with Crippen LogP contribution < -0.4 is 11.2 Å². The predicted octanol–water partition coefficient (Wildman–Crippen LogP) is 0.511. The second-order valence-corrected chi connectivity index (χ2v) is 4.04. The predicted molar refractivity (Wildman–Crippen MR) is 68.2 cm³/mol. The highest BCUT2D eigenvalue weighted by atomic mass is 19.1. The van der Waals surface area contributed by atoms with Crippen molar-refractivity contribution in [3.05, 3.63) is 68.2 Å². The molecular formula is C13H11FN2O4. The standard InChI is InChI=1S/C13H11FN2O4/c1-20-12(18)9-3-2-8(6-10(9)14)7-16-5-4-11(17)15-13(16)19/h2-6H,7H2,1H3,(H,15,17,19). The number of hydrogen-bond acceptors (Lipinski definition) is 4. The lowest BCUT2D eigenvalue weighted by molar-refractivity contribution is 0.0595. The van der Waals surface area contributed by atoms with E-state index in [4.69, 9.17) is 0 Å². The molecule has 0 atom stereocenters. The second-order valence-electron chi connectivity index (χ2n) is 4.04. The molecule has 0 spiro atoms. The maximum absolute atomic E-state index is 13.7. The summed E-state index contributed by atoms with van der Waals surface area (Å²) in [5.41, 5.74) is -0.789. The molecule has 2 aromatic rings. The number of nitrogens with zero attached hydrogens (tertiary/aromatic N) is 1. The van der Waals surface area contributed by atoms with Crippen molar-refractivity contribution in [1.29, 1.82) is 0 Å². The fourth-order valence-electron chi connectivity index (χ4n) is 1.70. The number of aromatic amines is 1. The van der Waals surface area contributed by atoms with E-state index in [9.17, 15) is 18.8 Å². The van der Waals surface area contributed by atoms with Crippen LogP contribution in [-0.2, 0) is 11.3 Å². The molecule has 6 nitrogen and oxygen atoms in total. The van der Waals surface area contributed by atoms with E-state index in [2.05, 4.69) is 9.72 Å². The normalized spacial score (nSPS) is 10.3. The van der Waals surface area contributed by atoms with Gasteiger partial charge in [0, 0.05) is 12.3 Å². The third-order valence-corrected chi connectivity index (χ3v) is 2.69. The van der Waals surface area contributed by atoms with Crippen LogP contribution in [0.3, 0.4) is 0 Å². The lowest BCUT2D eigenvalue weighted by atomic mass is 10.1. The molecule has 0 saturated carbocycles. The van der Waals surface area contributed by atoms with Crippen molar-refractivity contribution in [2.45, 2.75) is 6.54 Å². The number of hydrogen-bond donors (Lipinski definition) is 1. The quantitative estimate of drug-likeness (QED) is 0.829. The third kappa shape index (κ3) is 2.82. The largest absolute Gasteiger partial charge is 0.465 e. The Morgan fingerprint density at radius 3 is 2.70 bits per heavy atom. The minimum absolute atomic E-state index is 0.0774. The van der Waals surface area contributed by atoms with E-state index >= 15 is 0 Å². The molecule has 0 saturated heterocycles. The first kappa shape index (κ1) is 13.7. The summed E-state index contributed by atoms with van der Waals surface area (Å²) in [5, 5.41) is 0. The number of halogens is 1. The van der Waals surface area contributed by atoms with Gasteiger partial charge in [0.25, 0.3) is 5.56 Å². The van der Waals surface area contributed by atoms with E-state index in [1.54, 1.807) is 0 Å². The Bertz CT molecular complexity index is 763. The van der Waals surface area contributed by atoms with Crippen molar-refractivity contribution in [2.24, 2.45) is 0 Å². The van der Waals surface area contributed by atoms with Crippen LogP contribution in [0.1, 0.15) is 15.9 Å². The zero-order valence-electron chi connectivity index (χ0n) is 10.6. The molecule has 0 aliphatic carbocycles. The number of aromatic nitrogens is 2. The molecule has 0 fully saturated rings. The van der Waals surface area contributed by atoms with Crippen LogP contribution in [0.25, 0.3) is 0 Å². The van der Waals surface area contributed by atoms with Gasteiger partial charge in [-0.2, -0.15) is 0 Å². The van der Waals surface area contributed by atoms with Crippen LogP contribution >= 0.6 is 0 Å². The zero-order valence-corrected chi connectivity index (χ0v) is 10.6.